The van der Waals surface area contributed by atoms with Crippen molar-refractivity contribution in [1.82, 2.24) is 10.3 Å². The molecule has 1 aliphatic carbocycles. The smallest absolute Gasteiger partial charge is 0.224 e. The molecule has 1 aromatic heterocycles. The first-order valence-electron chi connectivity index (χ1n) is 11.7. The number of benzene rings is 1. The van der Waals surface area contributed by atoms with Gasteiger partial charge in [-0.25, -0.2) is 9.37 Å². The topological polar surface area (TPSA) is 60.5 Å². The van der Waals surface area contributed by atoms with E-state index in [9.17, 15) is 9.18 Å². The van der Waals surface area contributed by atoms with Crippen LogP contribution in [0.2, 0.25) is 0 Å². The van der Waals surface area contributed by atoms with Crippen LogP contribution in [0.15, 0.2) is 36.5 Å². The lowest BCUT2D eigenvalue weighted by Crippen LogP contribution is -2.51. The van der Waals surface area contributed by atoms with E-state index in [-0.39, 0.29) is 29.7 Å². The van der Waals surface area contributed by atoms with Crippen molar-refractivity contribution in [2.75, 3.05) is 34.8 Å². The Bertz CT molecular complexity index is 992. The van der Waals surface area contributed by atoms with Gasteiger partial charge in [-0.1, -0.05) is 6.92 Å². The van der Waals surface area contributed by atoms with E-state index in [2.05, 4.69) is 52.6 Å². The minimum atomic E-state index is -0.346. The highest BCUT2D eigenvalue weighted by molar-refractivity contribution is 5.94. The average Bonchev–Trinajstić information content (AvgIpc) is 3.61. The number of rotatable bonds is 4. The molecule has 3 aliphatic rings. The van der Waals surface area contributed by atoms with Crippen molar-refractivity contribution in [3.8, 4) is 0 Å². The minimum absolute atomic E-state index is 0.00977. The van der Waals surface area contributed by atoms with Gasteiger partial charge >= 0.3 is 0 Å². The fourth-order valence-corrected chi connectivity index (χ4v) is 5.54. The molecule has 5 rings (SSSR count). The molecule has 1 saturated heterocycles. The molecule has 0 radical (unpaired) electrons. The molecule has 1 amide bonds. The van der Waals surface area contributed by atoms with Gasteiger partial charge in [0.15, 0.2) is 0 Å². The second-order valence-electron chi connectivity index (χ2n) is 9.60. The summed E-state index contributed by atoms with van der Waals surface area (Å²) in [7, 11) is 0. The molecular weight excluding hydrogens is 405 g/mol. The average molecular weight is 438 g/mol. The molecule has 2 N–H and O–H groups in total. The number of amides is 1. The summed E-state index contributed by atoms with van der Waals surface area (Å²) in [6.07, 6.45) is 3.56. The van der Waals surface area contributed by atoms with E-state index in [1.165, 1.54) is 18.0 Å². The molecule has 1 unspecified atom stereocenters. The minimum Gasteiger partial charge on any atom is -0.369 e. The maximum absolute atomic E-state index is 13.4. The molecule has 6 nitrogen and oxygen atoms in total. The second-order valence-corrected chi connectivity index (χ2v) is 9.60. The van der Waals surface area contributed by atoms with Crippen LogP contribution < -0.4 is 20.4 Å². The summed E-state index contributed by atoms with van der Waals surface area (Å²) in [6.45, 7) is 8.97. The van der Waals surface area contributed by atoms with Gasteiger partial charge in [0.05, 0.1) is 12.2 Å². The van der Waals surface area contributed by atoms with Crippen LogP contribution in [-0.4, -0.2) is 42.6 Å². The summed E-state index contributed by atoms with van der Waals surface area (Å²) in [5.41, 5.74) is 3.27. The number of carbonyl (C=O) groups is 1. The number of aromatic nitrogens is 1. The predicted molar refractivity (Wildman–Crippen MR) is 126 cm³/mol. The number of anilines is 3. The first kappa shape index (κ1) is 21.2. The molecule has 170 valence electrons. The molecule has 0 bridgehead atoms. The van der Waals surface area contributed by atoms with E-state index in [0.29, 0.717) is 17.8 Å². The van der Waals surface area contributed by atoms with Crippen molar-refractivity contribution in [2.24, 2.45) is 11.8 Å². The van der Waals surface area contributed by atoms with Crippen molar-refractivity contribution >= 4 is 23.1 Å². The summed E-state index contributed by atoms with van der Waals surface area (Å²) in [5.74, 6) is 1.13. The van der Waals surface area contributed by atoms with Crippen molar-refractivity contribution < 1.29 is 9.18 Å². The van der Waals surface area contributed by atoms with Crippen LogP contribution in [0.1, 0.15) is 45.2 Å². The van der Waals surface area contributed by atoms with Gasteiger partial charge in [0, 0.05) is 61.5 Å². The molecule has 0 spiro atoms. The van der Waals surface area contributed by atoms with Crippen LogP contribution in [0, 0.1) is 17.7 Å². The highest BCUT2D eigenvalue weighted by Gasteiger charge is 2.47. The number of halogens is 1. The third kappa shape index (κ3) is 3.94. The number of nitrogens with zero attached hydrogens (tertiary/aromatic N) is 3. The van der Waals surface area contributed by atoms with Crippen LogP contribution in [0.4, 0.5) is 21.6 Å². The van der Waals surface area contributed by atoms with Crippen molar-refractivity contribution in [1.29, 1.82) is 0 Å². The third-order valence-corrected chi connectivity index (χ3v) is 7.18. The second kappa shape index (κ2) is 8.35. The number of hydrogen-bond donors (Lipinski definition) is 2. The quantitative estimate of drug-likeness (QED) is 0.758. The zero-order valence-electron chi connectivity index (χ0n) is 19.0. The predicted octanol–water partition coefficient (Wildman–Crippen LogP) is 3.95. The monoisotopic (exact) mass is 437 g/mol. The first-order chi connectivity index (χ1) is 15.4. The van der Waals surface area contributed by atoms with Crippen LogP contribution in [0.5, 0.6) is 0 Å². The number of carbonyl (C=O) groups excluding carboxylic acids is 1. The zero-order valence-corrected chi connectivity index (χ0v) is 19.0. The van der Waals surface area contributed by atoms with Crippen LogP contribution in [0.3, 0.4) is 0 Å². The summed E-state index contributed by atoms with van der Waals surface area (Å²) >= 11 is 0. The normalized spacial score (nSPS) is 27.8. The van der Waals surface area contributed by atoms with Gasteiger partial charge < -0.3 is 20.4 Å². The molecular formula is C25H32FN5O. The SMILES string of the molecule is CC(=O)N1c2ccc(N3CCNC(C)C3)cc2[C@H](Nc2ccc(F)cn2)[C@@H](C)[C@@H]1C1CC1. The van der Waals surface area contributed by atoms with Crippen molar-refractivity contribution in [3.05, 3.63) is 47.9 Å². The molecule has 32 heavy (non-hydrogen) atoms. The summed E-state index contributed by atoms with van der Waals surface area (Å²) < 4.78 is 13.4. The molecule has 2 aromatic rings. The lowest BCUT2D eigenvalue weighted by Gasteiger charge is -2.46. The fraction of sp³-hybridized carbons (Fsp3) is 0.520. The largest absolute Gasteiger partial charge is 0.369 e. The third-order valence-electron chi connectivity index (χ3n) is 7.18. The molecule has 3 heterocycles. The van der Waals surface area contributed by atoms with Crippen LogP contribution >= 0.6 is 0 Å². The number of nitrogens with one attached hydrogen (secondary N) is 2. The molecule has 2 fully saturated rings. The van der Waals surface area contributed by atoms with E-state index in [0.717, 1.165) is 43.7 Å². The Morgan fingerprint density at radius 2 is 2.03 bits per heavy atom. The van der Waals surface area contributed by atoms with Gasteiger partial charge in [0.25, 0.3) is 0 Å². The van der Waals surface area contributed by atoms with Gasteiger partial charge in [0.2, 0.25) is 5.91 Å². The molecule has 7 heteroatoms. The number of hydrogen-bond acceptors (Lipinski definition) is 5. The van der Waals surface area contributed by atoms with E-state index >= 15 is 0 Å². The Morgan fingerprint density at radius 1 is 1.22 bits per heavy atom. The number of pyridine rings is 1. The Balaban J connectivity index is 1.57. The summed E-state index contributed by atoms with van der Waals surface area (Å²) in [6, 6.07) is 10.2. The maximum Gasteiger partial charge on any atom is 0.224 e. The van der Waals surface area contributed by atoms with Crippen molar-refractivity contribution in [3.63, 3.8) is 0 Å². The lowest BCUT2D eigenvalue weighted by atomic mass is 9.79. The van der Waals surface area contributed by atoms with E-state index in [1.807, 2.05) is 4.90 Å². The van der Waals surface area contributed by atoms with Gasteiger partial charge in [-0.15, -0.1) is 0 Å². The summed E-state index contributed by atoms with van der Waals surface area (Å²) in [4.78, 5) is 21.5. The highest BCUT2D eigenvalue weighted by Crippen LogP contribution is 2.50. The van der Waals surface area contributed by atoms with Gasteiger partial charge in [-0.3, -0.25) is 4.79 Å². The Hall–Kier alpha value is -2.67. The van der Waals surface area contributed by atoms with Gasteiger partial charge in [-0.05, 0) is 56.0 Å². The van der Waals surface area contributed by atoms with E-state index < -0.39 is 0 Å². The highest BCUT2D eigenvalue weighted by atomic mass is 19.1. The van der Waals surface area contributed by atoms with Gasteiger partial charge in [-0.2, -0.15) is 0 Å². The van der Waals surface area contributed by atoms with Crippen LogP contribution in [0.25, 0.3) is 0 Å². The molecule has 2 aliphatic heterocycles. The van der Waals surface area contributed by atoms with Crippen molar-refractivity contribution in [2.45, 2.75) is 51.7 Å². The molecule has 1 aromatic carbocycles. The Kier molecular flexibility index (Phi) is 5.53. The molecule has 1 saturated carbocycles. The first-order valence-corrected chi connectivity index (χ1v) is 11.7. The zero-order chi connectivity index (χ0) is 22.4. The summed E-state index contributed by atoms with van der Waals surface area (Å²) in [5, 5.41) is 7.08. The van der Waals surface area contributed by atoms with E-state index in [1.54, 1.807) is 13.0 Å². The van der Waals surface area contributed by atoms with Crippen LogP contribution in [-0.2, 0) is 4.79 Å². The lowest BCUT2D eigenvalue weighted by molar-refractivity contribution is -0.117. The number of piperazine rings is 1. The van der Waals surface area contributed by atoms with Gasteiger partial charge in [0.1, 0.15) is 11.6 Å². The maximum atomic E-state index is 13.4. The number of fused-ring (bicyclic) bond motifs is 1. The standard InChI is InChI=1S/C25H32FN5O/c1-15-14-30(11-10-27-15)20-7-8-22-21(12-20)24(29-23-9-6-19(26)13-28-23)16(2)25(18-4-5-18)31(22)17(3)32/h6-9,12-13,15-16,18,24-25,27H,4-5,10-11,14H2,1-3H3,(H,28,29)/t15?,16-,24-,25-/m1/s1. The van der Waals surface area contributed by atoms with E-state index in [4.69, 9.17) is 0 Å². The Morgan fingerprint density at radius 3 is 2.69 bits per heavy atom. The Labute approximate surface area is 189 Å². The molecule has 4 atom stereocenters. The fourth-order valence-electron chi connectivity index (χ4n) is 5.54.